The topological polar surface area (TPSA) is 42.2 Å². The lowest BCUT2D eigenvalue weighted by atomic mass is 10.2. The zero-order chi connectivity index (χ0) is 11.4. The van der Waals surface area contributed by atoms with E-state index in [1.807, 2.05) is 18.3 Å². The smallest absolute Gasteiger partial charge is 0.157 e. The molecule has 4 nitrogen and oxygen atoms in total. The van der Waals surface area contributed by atoms with Crippen LogP contribution in [0, 0.1) is 0 Å². The number of hydrogen-bond donors (Lipinski definition) is 1. The summed E-state index contributed by atoms with van der Waals surface area (Å²) in [6.45, 7) is 2.94. The Bertz CT molecular complexity index is 454. The maximum absolute atomic E-state index is 6.03. The zero-order valence-electron chi connectivity index (χ0n) is 9.23. The number of anilines is 1. The highest BCUT2D eigenvalue weighted by Gasteiger charge is 2.01. The molecule has 2 heterocycles. The number of aromatic nitrogens is 3. The molecule has 1 atom stereocenters. The highest BCUT2D eigenvalue weighted by molar-refractivity contribution is 6.20. The van der Waals surface area contributed by atoms with Crippen molar-refractivity contribution in [1.82, 2.24) is 14.6 Å². The Balaban J connectivity index is 1.93. The van der Waals surface area contributed by atoms with Crippen LogP contribution in [-0.2, 0) is 0 Å². The van der Waals surface area contributed by atoms with Gasteiger partial charge in [0.15, 0.2) is 5.65 Å². The van der Waals surface area contributed by atoms with Gasteiger partial charge in [-0.1, -0.05) is 6.92 Å². The van der Waals surface area contributed by atoms with Crippen molar-refractivity contribution < 1.29 is 0 Å². The summed E-state index contributed by atoms with van der Waals surface area (Å²) in [5.41, 5.74) is 0.850. The summed E-state index contributed by atoms with van der Waals surface area (Å²) in [6, 6.07) is 3.79. The second kappa shape index (κ2) is 5.16. The van der Waals surface area contributed by atoms with Crippen LogP contribution in [0.5, 0.6) is 0 Å². The molecule has 5 heteroatoms. The van der Waals surface area contributed by atoms with Crippen LogP contribution in [0.3, 0.4) is 0 Å². The van der Waals surface area contributed by atoms with E-state index in [1.165, 1.54) is 0 Å². The van der Waals surface area contributed by atoms with Crippen molar-refractivity contribution >= 4 is 23.1 Å². The molecule has 0 aliphatic carbocycles. The number of rotatable bonds is 5. The molecular formula is C11H15ClN4. The molecule has 0 bridgehead atoms. The molecule has 86 valence electrons. The standard InChI is InChI=1S/C11H15ClN4/c1-2-9(12)3-6-13-10-5-8-16-11(15-10)4-7-14-16/h4-5,7-9H,2-3,6H2,1H3,(H,13,15). The maximum Gasteiger partial charge on any atom is 0.157 e. The summed E-state index contributed by atoms with van der Waals surface area (Å²) in [5.74, 6) is 0.868. The Morgan fingerprint density at radius 1 is 1.50 bits per heavy atom. The zero-order valence-corrected chi connectivity index (χ0v) is 9.98. The van der Waals surface area contributed by atoms with Crippen molar-refractivity contribution in [1.29, 1.82) is 0 Å². The summed E-state index contributed by atoms with van der Waals surface area (Å²) >= 11 is 6.03. The fourth-order valence-electron chi connectivity index (χ4n) is 1.47. The second-order valence-corrected chi connectivity index (χ2v) is 4.28. The van der Waals surface area contributed by atoms with Gasteiger partial charge in [0.2, 0.25) is 0 Å². The van der Waals surface area contributed by atoms with Gasteiger partial charge in [-0.25, -0.2) is 9.50 Å². The summed E-state index contributed by atoms with van der Waals surface area (Å²) in [4.78, 5) is 4.40. The van der Waals surface area contributed by atoms with E-state index >= 15 is 0 Å². The molecule has 2 aromatic heterocycles. The molecule has 0 radical (unpaired) electrons. The number of alkyl halides is 1. The van der Waals surface area contributed by atoms with Crippen LogP contribution in [0.2, 0.25) is 0 Å². The van der Waals surface area contributed by atoms with E-state index in [2.05, 4.69) is 22.3 Å². The SMILES string of the molecule is CCC(Cl)CCNc1ccn2nccc2n1. The highest BCUT2D eigenvalue weighted by atomic mass is 35.5. The maximum atomic E-state index is 6.03. The van der Waals surface area contributed by atoms with Crippen LogP contribution in [0.4, 0.5) is 5.82 Å². The number of hydrogen-bond acceptors (Lipinski definition) is 3. The molecule has 2 rings (SSSR count). The van der Waals surface area contributed by atoms with Gasteiger partial charge in [0, 0.05) is 24.2 Å². The normalized spacial score (nSPS) is 12.9. The van der Waals surface area contributed by atoms with E-state index in [1.54, 1.807) is 10.7 Å². The monoisotopic (exact) mass is 238 g/mol. The Morgan fingerprint density at radius 3 is 3.19 bits per heavy atom. The molecule has 16 heavy (non-hydrogen) atoms. The summed E-state index contributed by atoms with van der Waals surface area (Å²) < 4.78 is 1.74. The Labute approximate surface area is 99.6 Å². The van der Waals surface area contributed by atoms with Crippen molar-refractivity contribution in [2.24, 2.45) is 0 Å². The van der Waals surface area contributed by atoms with Gasteiger partial charge in [-0.15, -0.1) is 11.6 Å². The van der Waals surface area contributed by atoms with Gasteiger partial charge in [0.1, 0.15) is 5.82 Å². The van der Waals surface area contributed by atoms with Crippen LogP contribution < -0.4 is 5.32 Å². The van der Waals surface area contributed by atoms with E-state index in [0.717, 1.165) is 30.9 Å². The van der Waals surface area contributed by atoms with Gasteiger partial charge in [-0.2, -0.15) is 5.10 Å². The van der Waals surface area contributed by atoms with Crippen LogP contribution in [0.1, 0.15) is 19.8 Å². The first-order valence-electron chi connectivity index (χ1n) is 5.48. The lowest BCUT2D eigenvalue weighted by Crippen LogP contribution is -2.09. The first kappa shape index (κ1) is 11.2. The van der Waals surface area contributed by atoms with Gasteiger partial charge in [-0.3, -0.25) is 0 Å². The average Bonchev–Trinajstić information content (AvgIpc) is 2.76. The van der Waals surface area contributed by atoms with Gasteiger partial charge in [-0.05, 0) is 18.9 Å². The van der Waals surface area contributed by atoms with Gasteiger partial charge in [0.05, 0.1) is 6.20 Å². The lowest BCUT2D eigenvalue weighted by Gasteiger charge is -2.08. The molecule has 0 saturated carbocycles. The highest BCUT2D eigenvalue weighted by Crippen LogP contribution is 2.09. The predicted octanol–water partition coefficient (Wildman–Crippen LogP) is 2.55. The third kappa shape index (κ3) is 2.64. The molecule has 0 saturated heterocycles. The van der Waals surface area contributed by atoms with Crippen LogP contribution in [0.25, 0.3) is 5.65 Å². The van der Waals surface area contributed by atoms with Crippen molar-refractivity contribution in [2.75, 3.05) is 11.9 Å². The van der Waals surface area contributed by atoms with Crippen molar-refractivity contribution in [3.8, 4) is 0 Å². The first-order valence-corrected chi connectivity index (χ1v) is 5.91. The molecule has 0 fully saturated rings. The molecule has 0 aliphatic heterocycles. The molecule has 0 aliphatic rings. The van der Waals surface area contributed by atoms with Crippen LogP contribution in [0.15, 0.2) is 24.5 Å². The predicted molar refractivity (Wildman–Crippen MR) is 66.0 cm³/mol. The quantitative estimate of drug-likeness (QED) is 0.814. The van der Waals surface area contributed by atoms with Gasteiger partial charge in [0.25, 0.3) is 0 Å². The second-order valence-electron chi connectivity index (χ2n) is 3.67. The molecule has 0 aromatic carbocycles. The van der Waals surface area contributed by atoms with E-state index in [0.29, 0.717) is 0 Å². The molecule has 1 unspecified atom stereocenters. The van der Waals surface area contributed by atoms with E-state index in [9.17, 15) is 0 Å². The summed E-state index contributed by atoms with van der Waals surface area (Å²) in [6.07, 6.45) is 5.57. The van der Waals surface area contributed by atoms with Crippen LogP contribution >= 0.6 is 11.6 Å². The minimum atomic E-state index is 0.242. The number of halogens is 1. The van der Waals surface area contributed by atoms with E-state index in [-0.39, 0.29) is 5.38 Å². The van der Waals surface area contributed by atoms with Gasteiger partial charge < -0.3 is 5.32 Å². The van der Waals surface area contributed by atoms with Crippen LogP contribution in [-0.4, -0.2) is 26.5 Å². The Hall–Kier alpha value is -1.29. The number of nitrogens with zero attached hydrogens (tertiary/aromatic N) is 3. The number of fused-ring (bicyclic) bond motifs is 1. The Kier molecular flexibility index (Phi) is 3.62. The molecule has 0 spiro atoms. The fourth-order valence-corrected chi connectivity index (χ4v) is 1.58. The fraction of sp³-hybridized carbons (Fsp3) is 0.455. The summed E-state index contributed by atoms with van der Waals surface area (Å²) in [7, 11) is 0. The molecule has 0 amide bonds. The van der Waals surface area contributed by atoms with E-state index in [4.69, 9.17) is 11.6 Å². The first-order chi connectivity index (χ1) is 7.79. The average molecular weight is 239 g/mol. The van der Waals surface area contributed by atoms with Gasteiger partial charge >= 0.3 is 0 Å². The lowest BCUT2D eigenvalue weighted by molar-refractivity contribution is 0.751. The molecule has 1 N–H and O–H groups in total. The molecular weight excluding hydrogens is 224 g/mol. The Morgan fingerprint density at radius 2 is 2.38 bits per heavy atom. The van der Waals surface area contributed by atoms with E-state index < -0.39 is 0 Å². The van der Waals surface area contributed by atoms with Crippen molar-refractivity contribution in [2.45, 2.75) is 25.1 Å². The summed E-state index contributed by atoms with van der Waals surface area (Å²) in [5, 5.41) is 7.58. The minimum absolute atomic E-state index is 0.242. The third-order valence-electron chi connectivity index (χ3n) is 2.46. The third-order valence-corrected chi connectivity index (χ3v) is 2.99. The molecule has 2 aromatic rings. The largest absolute Gasteiger partial charge is 0.370 e. The van der Waals surface area contributed by atoms with Crippen molar-refractivity contribution in [3.05, 3.63) is 24.5 Å². The minimum Gasteiger partial charge on any atom is -0.370 e. The van der Waals surface area contributed by atoms with Crippen molar-refractivity contribution in [3.63, 3.8) is 0 Å². The number of nitrogens with one attached hydrogen (secondary N) is 1.